The molecule has 21 heavy (non-hydrogen) atoms. The topological polar surface area (TPSA) is 45.5 Å². The molecule has 0 bridgehead atoms. The number of furan rings is 1. The van der Waals surface area contributed by atoms with E-state index in [-0.39, 0.29) is 17.4 Å². The van der Waals surface area contributed by atoms with Gasteiger partial charge in [0.15, 0.2) is 0 Å². The van der Waals surface area contributed by atoms with E-state index in [1.807, 2.05) is 37.7 Å². The van der Waals surface area contributed by atoms with Crippen LogP contribution in [0.15, 0.2) is 40.3 Å². The molecule has 1 saturated carbocycles. The molecule has 5 heteroatoms. The molecule has 4 nitrogen and oxygen atoms in total. The lowest BCUT2D eigenvalue weighted by Gasteiger charge is -2.24. The van der Waals surface area contributed by atoms with Gasteiger partial charge in [-0.05, 0) is 50.5 Å². The Balaban J connectivity index is 1.66. The molecule has 1 aliphatic carbocycles. The summed E-state index contributed by atoms with van der Waals surface area (Å²) >= 11 is 1.67. The van der Waals surface area contributed by atoms with Crippen molar-refractivity contribution in [2.24, 2.45) is 0 Å². The van der Waals surface area contributed by atoms with Crippen molar-refractivity contribution in [2.45, 2.75) is 24.3 Å². The minimum absolute atomic E-state index is 0.0584. The molecule has 1 amide bonds. The fourth-order valence-electron chi connectivity index (χ4n) is 2.64. The zero-order valence-corrected chi connectivity index (χ0v) is 13.2. The minimum atomic E-state index is -0.270. The van der Waals surface area contributed by atoms with Gasteiger partial charge in [0.05, 0.1) is 17.7 Å². The van der Waals surface area contributed by atoms with E-state index >= 15 is 0 Å². The van der Waals surface area contributed by atoms with Gasteiger partial charge in [0.2, 0.25) is 5.91 Å². The quantitative estimate of drug-likeness (QED) is 0.892. The van der Waals surface area contributed by atoms with Crippen LogP contribution in [0.2, 0.25) is 0 Å². The molecule has 112 valence electrons. The second-order valence-electron chi connectivity index (χ2n) is 5.76. The first-order chi connectivity index (χ1) is 10.1. The number of hydrogen-bond donors (Lipinski definition) is 1. The van der Waals surface area contributed by atoms with Gasteiger partial charge in [-0.15, -0.1) is 11.3 Å². The summed E-state index contributed by atoms with van der Waals surface area (Å²) in [7, 11) is 3.98. The molecule has 0 radical (unpaired) electrons. The summed E-state index contributed by atoms with van der Waals surface area (Å²) in [5, 5.41) is 5.15. The van der Waals surface area contributed by atoms with Gasteiger partial charge in [0, 0.05) is 11.4 Å². The van der Waals surface area contributed by atoms with E-state index in [0.717, 1.165) is 18.6 Å². The third kappa shape index (κ3) is 2.76. The highest BCUT2D eigenvalue weighted by Gasteiger charge is 2.52. The van der Waals surface area contributed by atoms with Crippen molar-refractivity contribution in [3.8, 4) is 0 Å². The lowest BCUT2D eigenvalue weighted by atomic mass is 10.0. The monoisotopic (exact) mass is 304 g/mol. The van der Waals surface area contributed by atoms with Crippen LogP contribution in [0.4, 0.5) is 0 Å². The molecule has 1 N–H and O–H groups in total. The van der Waals surface area contributed by atoms with Gasteiger partial charge in [-0.25, -0.2) is 0 Å². The molecule has 0 spiro atoms. The SMILES string of the molecule is CN(C)C(CNC(=O)C1(c2cccs2)CC1)c1ccco1. The van der Waals surface area contributed by atoms with Crippen molar-refractivity contribution < 1.29 is 9.21 Å². The average molecular weight is 304 g/mol. The van der Waals surface area contributed by atoms with Crippen LogP contribution in [0.1, 0.15) is 29.5 Å². The largest absolute Gasteiger partial charge is 0.468 e. The van der Waals surface area contributed by atoms with Gasteiger partial charge in [-0.1, -0.05) is 6.07 Å². The summed E-state index contributed by atoms with van der Waals surface area (Å²) in [5.74, 6) is 1.02. The normalized spacial score (nSPS) is 17.7. The zero-order chi connectivity index (χ0) is 14.9. The van der Waals surface area contributed by atoms with Crippen LogP contribution in [-0.4, -0.2) is 31.4 Å². The zero-order valence-electron chi connectivity index (χ0n) is 12.3. The molecule has 1 fully saturated rings. The van der Waals surface area contributed by atoms with Crippen LogP contribution in [0.3, 0.4) is 0 Å². The summed E-state index contributed by atoms with van der Waals surface area (Å²) in [4.78, 5) is 15.8. The third-order valence-electron chi connectivity index (χ3n) is 4.13. The number of carbonyl (C=O) groups excluding carboxylic acids is 1. The maximum atomic E-state index is 12.6. The van der Waals surface area contributed by atoms with E-state index in [1.54, 1.807) is 17.6 Å². The molecule has 0 aromatic carbocycles. The van der Waals surface area contributed by atoms with E-state index in [0.29, 0.717) is 6.54 Å². The molecule has 3 rings (SSSR count). The van der Waals surface area contributed by atoms with E-state index in [1.165, 1.54) is 4.88 Å². The lowest BCUT2D eigenvalue weighted by molar-refractivity contribution is -0.123. The smallest absolute Gasteiger partial charge is 0.231 e. The number of likely N-dealkylation sites (N-methyl/N-ethyl adjacent to an activating group) is 1. The third-order valence-corrected chi connectivity index (χ3v) is 5.20. The first kappa shape index (κ1) is 14.4. The Morgan fingerprint density at radius 2 is 2.24 bits per heavy atom. The molecule has 2 aromatic heterocycles. The maximum Gasteiger partial charge on any atom is 0.231 e. The molecule has 2 heterocycles. The molecule has 1 atom stereocenters. The fraction of sp³-hybridized carbons (Fsp3) is 0.438. The van der Waals surface area contributed by atoms with Crippen LogP contribution in [0.25, 0.3) is 0 Å². The van der Waals surface area contributed by atoms with Crippen LogP contribution < -0.4 is 5.32 Å². The number of carbonyl (C=O) groups is 1. The predicted octanol–water partition coefficient (Wildman–Crippen LogP) is 2.79. The van der Waals surface area contributed by atoms with Gasteiger partial charge in [0.1, 0.15) is 5.76 Å². The Bertz CT molecular complexity index is 586. The number of nitrogens with one attached hydrogen (secondary N) is 1. The Kier molecular flexibility index (Phi) is 3.87. The van der Waals surface area contributed by atoms with Gasteiger partial charge in [0.25, 0.3) is 0 Å². The van der Waals surface area contributed by atoms with E-state index in [4.69, 9.17) is 4.42 Å². The Morgan fingerprint density at radius 3 is 2.76 bits per heavy atom. The molecule has 1 unspecified atom stereocenters. The number of hydrogen-bond acceptors (Lipinski definition) is 4. The van der Waals surface area contributed by atoms with E-state index < -0.39 is 0 Å². The average Bonchev–Trinajstić information content (AvgIpc) is 2.92. The second kappa shape index (κ2) is 5.66. The fourth-order valence-corrected chi connectivity index (χ4v) is 3.62. The van der Waals surface area contributed by atoms with Gasteiger partial charge < -0.3 is 9.73 Å². The van der Waals surface area contributed by atoms with Gasteiger partial charge in [-0.3, -0.25) is 9.69 Å². The summed E-state index contributed by atoms with van der Waals surface area (Å²) in [6.07, 6.45) is 3.57. The number of amides is 1. The highest BCUT2D eigenvalue weighted by Crippen LogP contribution is 2.50. The molecular weight excluding hydrogens is 284 g/mol. The maximum absolute atomic E-state index is 12.6. The summed E-state index contributed by atoms with van der Waals surface area (Å²) in [5.41, 5.74) is -0.270. The number of thiophene rings is 1. The highest BCUT2D eigenvalue weighted by molar-refractivity contribution is 7.10. The lowest BCUT2D eigenvalue weighted by Crippen LogP contribution is -2.39. The van der Waals surface area contributed by atoms with Crippen molar-refractivity contribution in [1.29, 1.82) is 0 Å². The van der Waals surface area contributed by atoms with Crippen molar-refractivity contribution in [1.82, 2.24) is 10.2 Å². The minimum Gasteiger partial charge on any atom is -0.468 e. The van der Waals surface area contributed by atoms with E-state index in [9.17, 15) is 4.79 Å². The number of nitrogens with zero attached hydrogens (tertiary/aromatic N) is 1. The predicted molar refractivity (Wildman–Crippen MR) is 83.4 cm³/mol. The Labute approximate surface area is 128 Å². The molecule has 0 aliphatic heterocycles. The van der Waals surface area contributed by atoms with Crippen LogP contribution in [-0.2, 0) is 10.2 Å². The standard InChI is InChI=1S/C16H20N2O2S/c1-18(2)12(13-5-3-9-20-13)11-17-15(19)16(7-8-16)14-6-4-10-21-14/h3-6,9-10,12H,7-8,11H2,1-2H3,(H,17,19). The molecule has 2 aromatic rings. The van der Waals surface area contributed by atoms with Gasteiger partial charge >= 0.3 is 0 Å². The Morgan fingerprint density at radius 1 is 1.43 bits per heavy atom. The van der Waals surface area contributed by atoms with Crippen molar-refractivity contribution in [3.05, 3.63) is 46.5 Å². The summed E-state index contributed by atoms with van der Waals surface area (Å²) < 4.78 is 5.47. The van der Waals surface area contributed by atoms with E-state index in [2.05, 4.69) is 16.3 Å². The van der Waals surface area contributed by atoms with Crippen LogP contribution >= 0.6 is 11.3 Å². The van der Waals surface area contributed by atoms with Crippen LogP contribution in [0, 0.1) is 0 Å². The second-order valence-corrected chi connectivity index (χ2v) is 6.71. The summed E-state index contributed by atoms with van der Waals surface area (Å²) in [6, 6.07) is 7.96. The molecular formula is C16H20N2O2S. The first-order valence-electron chi connectivity index (χ1n) is 7.15. The van der Waals surface area contributed by atoms with Crippen molar-refractivity contribution in [3.63, 3.8) is 0 Å². The summed E-state index contributed by atoms with van der Waals surface area (Å²) in [6.45, 7) is 0.562. The van der Waals surface area contributed by atoms with Crippen LogP contribution in [0.5, 0.6) is 0 Å². The molecule has 0 saturated heterocycles. The van der Waals surface area contributed by atoms with Crippen molar-refractivity contribution in [2.75, 3.05) is 20.6 Å². The van der Waals surface area contributed by atoms with Crippen molar-refractivity contribution >= 4 is 17.2 Å². The first-order valence-corrected chi connectivity index (χ1v) is 8.03. The number of rotatable bonds is 6. The van der Waals surface area contributed by atoms with Gasteiger partial charge in [-0.2, -0.15) is 0 Å². The molecule has 1 aliphatic rings. The Hall–Kier alpha value is -1.59. The highest BCUT2D eigenvalue weighted by atomic mass is 32.1.